The van der Waals surface area contributed by atoms with Gasteiger partial charge >= 0.3 is 5.97 Å². The van der Waals surface area contributed by atoms with Crippen LogP contribution in [0.2, 0.25) is 0 Å². The Morgan fingerprint density at radius 3 is 2.54 bits per heavy atom. The van der Waals surface area contributed by atoms with E-state index in [1.54, 1.807) is 6.92 Å². The highest BCUT2D eigenvalue weighted by Gasteiger charge is 2.37. The molecule has 1 aromatic carbocycles. The Balaban J connectivity index is 2.02. The lowest BCUT2D eigenvalue weighted by atomic mass is 9.92. The number of nitrogens with zero attached hydrogens (tertiary/aromatic N) is 2. The van der Waals surface area contributed by atoms with Gasteiger partial charge in [-0.25, -0.2) is 18.0 Å². The zero-order chi connectivity index (χ0) is 20.6. The first kappa shape index (κ1) is 20.2. The summed E-state index contributed by atoms with van der Waals surface area (Å²) in [7, 11) is 0. The molecular weight excluding hydrogens is 380 g/mol. The highest BCUT2D eigenvalue weighted by atomic mass is 19.2. The largest absolute Gasteiger partial charge is 0.506 e. The maximum absolute atomic E-state index is 14.6. The van der Waals surface area contributed by atoms with Crippen LogP contribution in [-0.4, -0.2) is 48.2 Å². The number of halogens is 4. The van der Waals surface area contributed by atoms with Crippen LogP contribution in [0, 0.1) is 22.9 Å². The third-order valence-electron chi connectivity index (χ3n) is 5.03. The van der Waals surface area contributed by atoms with Gasteiger partial charge in [0.1, 0.15) is 22.8 Å². The van der Waals surface area contributed by atoms with E-state index in [9.17, 15) is 32.6 Å². The summed E-state index contributed by atoms with van der Waals surface area (Å²) in [5.41, 5.74) is -3.12. The summed E-state index contributed by atoms with van der Waals surface area (Å²) >= 11 is 0. The summed E-state index contributed by atoms with van der Waals surface area (Å²) in [6.45, 7) is 1.09. The van der Waals surface area contributed by atoms with Gasteiger partial charge in [-0.05, 0) is 25.3 Å². The first-order valence-corrected chi connectivity index (χ1v) is 8.85. The number of carboxylic acid groups (broad SMARTS) is 1. The van der Waals surface area contributed by atoms with Crippen LogP contribution in [0.5, 0.6) is 0 Å². The molecule has 0 spiro atoms. The minimum Gasteiger partial charge on any atom is -0.506 e. The second-order valence-corrected chi connectivity index (χ2v) is 7.58. The van der Waals surface area contributed by atoms with E-state index in [0.717, 1.165) is 19.1 Å². The standard InChI is InChI=1S/C19H20F4N2O3/c1-19(8-20)4-5-25(9-19)16-13(21)6-11(14(22)15(16)23)17(26)12(18(27)28)7-24-10-2-3-10/h6-7,10,26H,2-5,8-9H2,1H3,(H,27,28). The Bertz CT molecular complexity index is 867. The Labute approximate surface area is 159 Å². The molecule has 5 nitrogen and oxygen atoms in total. The fourth-order valence-electron chi connectivity index (χ4n) is 3.14. The van der Waals surface area contributed by atoms with Crippen molar-refractivity contribution in [3.63, 3.8) is 0 Å². The average molecular weight is 400 g/mol. The number of rotatable bonds is 6. The van der Waals surface area contributed by atoms with E-state index in [4.69, 9.17) is 0 Å². The third-order valence-corrected chi connectivity index (χ3v) is 5.03. The molecule has 1 heterocycles. The molecule has 2 N–H and O–H groups in total. The third kappa shape index (κ3) is 3.83. The molecule has 0 bridgehead atoms. The van der Waals surface area contributed by atoms with Crippen LogP contribution < -0.4 is 4.90 Å². The summed E-state index contributed by atoms with van der Waals surface area (Å²) in [5.74, 6) is -7.04. The number of alkyl halides is 1. The van der Waals surface area contributed by atoms with Crippen molar-refractivity contribution in [1.29, 1.82) is 0 Å². The lowest BCUT2D eigenvalue weighted by Gasteiger charge is -2.24. The zero-order valence-electron chi connectivity index (χ0n) is 15.2. The Morgan fingerprint density at radius 1 is 1.32 bits per heavy atom. The Hall–Kier alpha value is -2.58. The molecule has 1 aromatic rings. The highest BCUT2D eigenvalue weighted by Crippen LogP contribution is 2.38. The van der Waals surface area contributed by atoms with Gasteiger partial charge in [0, 0.05) is 24.7 Å². The molecule has 152 valence electrons. The van der Waals surface area contributed by atoms with Crippen molar-refractivity contribution in [3.8, 4) is 0 Å². The number of benzene rings is 1. The molecule has 2 aliphatic rings. The predicted molar refractivity (Wildman–Crippen MR) is 95.9 cm³/mol. The molecule has 3 rings (SSSR count). The molecule has 1 aliphatic carbocycles. The number of anilines is 1. The first-order valence-electron chi connectivity index (χ1n) is 8.85. The van der Waals surface area contributed by atoms with Crippen LogP contribution in [0.4, 0.5) is 23.2 Å². The van der Waals surface area contributed by atoms with Crippen LogP contribution in [0.1, 0.15) is 31.7 Å². The van der Waals surface area contributed by atoms with Crippen molar-refractivity contribution in [3.05, 3.63) is 34.7 Å². The molecule has 1 aliphatic heterocycles. The molecule has 9 heteroatoms. The summed E-state index contributed by atoms with van der Waals surface area (Å²) in [5, 5.41) is 19.4. The molecule has 1 saturated carbocycles. The van der Waals surface area contributed by atoms with Gasteiger partial charge in [-0.2, -0.15) is 0 Å². The first-order chi connectivity index (χ1) is 13.2. The second-order valence-electron chi connectivity index (χ2n) is 7.58. The molecular formula is C19H20F4N2O3. The second kappa shape index (κ2) is 7.44. The molecule has 0 radical (unpaired) electrons. The zero-order valence-corrected chi connectivity index (χ0v) is 15.2. The molecule has 0 amide bonds. The normalized spacial score (nSPS) is 23.4. The molecule has 1 atom stereocenters. The van der Waals surface area contributed by atoms with Gasteiger partial charge in [0.05, 0.1) is 18.3 Å². The Kier molecular flexibility index (Phi) is 5.36. The number of aliphatic imine (C=N–C) groups is 1. The summed E-state index contributed by atoms with van der Waals surface area (Å²) in [6, 6.07) is 0.477. The lowest BCUT2D eigenvalue weighted by Crippen LogP contribution is -2.28. The van der Waals surface area contributed by atoms with Gasteiger partial charge in [0.2, 0.25) is 0 Å². The summed E-state index contributed by atoms with van der Waals surface area (Å²) in [6.07, 6.45) is 2.75. The fraction of sp³-hybridized carbons (Fsp3) is 0.474. The van der Waals surface area contributed by atoms with E-state index in [1.165, 1.54) is 4.90 Å². The number of aliphatic hydroxyl groups excluding tert-OH is 1. The van der Waals surface area contributed by atoms with Crippen LogP contribution >= 0.6 is 0 Å². The van der Waals surface area contributed by atoms with Crippen molar-refractivity contribution in [2.24, 2.45) is 10.4 Å². The van der Waals surface area contributed by atoms with E-state index in [0.29, 0.717) is 12.5 Å². The predicted octanol–water partition coefficient (Wildman–Crippen LogP) is 3.88. The average Bonchev–Trinajstić information content (AvgIpc) is 3.39. The van der Waals surface area contributed by atoms with Gasteiger partial charge in [-0.15, -0.1) is 0 Å². The number of hydrogen-bond donors (Lipinski definition) is 2. The minimum absolute atomic E-state index is 0.00632. The highest BCUT2D eigenvalue weighted by molar-refractivity contribution is 6.14. The van der Waals surface area contributed by atoms with Crippen LogP contribution in [-0.2, 0) is 4.79 Å². The molecule has 1 unspecified atom stereocenters. The van der Waals surface area contributed by atoms with E-state index < -0.39 is 58.1 Å². The maximum atomic E-state index is 14.6. The molecule has 28 heavy (non-hydrogen) atoms. The van der Waals surface area contributed by atoms with Gasteiger partial charge < -0.3 is 15.1 Å². The quantitative estimate of drug-likeness (QED) is 0.250. The van der Waals surface area contributed by atoms with Crippen LogP contribution in [0.3, 0.4) is 0 Å². The SMILES string of the molecule is CC1(CF)CCN(c2c(F)cc(C(O)=C(C=NC3CC3)C(=O)O)c(F)c2F)C1. The van der Waals surface area contributed by atoms with E-state index in [2.05, 4.69) is 4.99 Å². The topological polar surface area (TPSA) is 73.1 Å². The molecule has 1 saturated heterocycles. The van der Waals surface area contributed by atoms with Gasteiger partial charge in [0.15, 0.2) is 11.6 Å². The van der Waals surface area contributed by atoms with Crippen molar-refractivity contribution in [2.75, 3.05) is 24.7 Å². The molecule has 2 fully saturated rings. The van der Waals surface area contributed by atoms with Gasteiger partial charge in [0.25, 0.3) is 0 Å². The lowest BCUT2D eigenvalue weighted by molar-refractivity contribution is -0.132. The number of hydrogen-bond acceptors (Lipinski definition) is 4. The van der Waals surface area contributed by atoms with Crippen molar-refractivity contribution < 1.29 is 32.6 Å². The monoisotopic (exact) mass is 400 g/mol. The van der Waals surface area contributed by atoms with Gasteiger partial charge in [-0.3, -0.25) is 9.38 Å². The number of carbonyl (C=O) groups is 1. The van der Waals surface area contributed by atoms with Crippen LogP contribution in [0.25, 0.3) is 5.76 Å². The van der Waals surface area contributed by atoms with Crippen molar-refractivity contribution >= 4 is 23.6 Å². The van der Waals surface area contributed by atoms with E-state index >= 15 is 0 Å². The number of carboxylic acids is 1. The van der Waals surface area contributed by atoms with Crippen molar-refractivity contribution in [1.82, 2.24) is 0 Å². The van der Waals surface area contributed by atoms with Crippen LogP contribution in [0.15, 0.2) is 16.6 Å². The van der Waals surface area contributed by atoms with Gasteiger partial charge in [-0.1, -0.05) is 6.92 Å². The van der Waals surface area contributed by atoms with E-state index in [-0.39, 0.29) is 19.1 Å². The molecule has 0 aromatic heterocycles. The smallest absolute Gasteiger partial charge is 0.341 e. The van der Waals surface area contributed by atoms with Crippen molar-refractivity contribution in [2.45, 2.75) is 32.2 Å². The summed E-state index contributed by atoms with van der Waals surface area (Å²) in [4.78, 5) is 16.5. The fourth-order valence-corrected chi connectivity index (χ4v) is 3.14. The Morgan fingerprint density at radius 2 is 2.00 bits per heavy atom. The minimum atomic E-state index is -1.61. The number of aliphatic hydroxyl groups is 1. The maximum Gasteiger partial charge on any atom is 0.341 e. The van der Waals surface area contributed by atoms with E-state index in [1.807, 2.05) is 0 Å². The summed E-state index contributed by atoms with van der Waals surface area (Å²) < 4.78 is 56.9. The number of aliphatic carboxylic acids is 1.